The summed E-state index contributed by atoms with van der Waals surface area (Å²) < 4.78 is 5.60. The van der Waals surface area contributed by atoms with Gasteiger partial charge in [0, 0.05) is 6.07 Å². The fraction of sp³-hybridized carbons (Fsp3) is 0.0526. The van der Waals surface area contributed by atoms with Crippen LogP contribution < -0.4 is 16.2 Å². The first-order valence-corrected chi connectivity index (χ1v) is 7.58. The van der Waals surface area contributed by atoms with E-state index in [1.807, 2.05) is 0 Å². The first-order valence-electron chi connectivity index (χ1n) is 7.58. The molecule has 0 fully saturated rings. The lowest BCUT2D eigenvalue weighted by Crippen LogP contribution is -2.42. The molecule has 6 heteroatoms. The molecule has 0 radical (unpaired) electrons. The summed E-state index contributed by atoms with van der Waals surface area (Å²) in [6.45, 7) is 0. The highest BCUT2D eigenvalue weighted by atomic mass is 16.5. The zero-order chi connectivity index (χ0) is 17.9. The largest absolute Gasteiger partial charge is 0.439 e. The number of ether oxygens (including phenoxy) is 1. The maximum absolute atomic E-state index is 11.9. The Hall–Kier alpha value is -3.38. The molecule has 1 unspecified atom stereocenters. The first kappa shape index (κ1) is 16.5. The third-order valence-electron chi connectivity index (χ3n) is 3.80. The fourth-order valence-corrected chi connectivity index (χ4v) is 2.47. The topological polar surface area (TPSA) is 111 Å². The van der Waals surface area contributed by atoms with Crippen molar-refractivity contribution >= 4 is 11.6 Å². The average Bonchev–Trinajstić information content (AvgIpc) is 2.64. The van der Waals surface area contributed by atoms with E-state index >= 15 is 0 Å². The lowest BCUT2D eigenvalue weighted by Gasteiger charge is -2.25. The van der Waals surface area contributed by atoms with Gasteiger partial charge in [0.2, 0.25) is 5.88 Å². The van der Waals surface area contributed by atoms with Gasteiger partial charge >= 0.3 is 0 Å². The van der Waals surface area contributed by atoms with Gasteiger partial charge in [-0.2, -0.15) is 0 Å². The second-order valence-electron chi connectivity index (χ2n) is 5.50. The number of carbonyl (C=O) groups excluding carboxylic acids is 1. The summed E-state index contributed by atoms with van der Waals surface area (Å²) in [6.07, 6.45) is 1.49. The van der Waals surface area contributed by atoms with Gasteiger partial charge in [-0.1, -0.05) is 42.5 Å². The molecule has 0 bridgehead atoms. The number of nitrogens with two attached hydrogens (primary N) is 2. The summed E-state index contributed by atoms with van der Waals surface area (Å²) in [4.78, 5) is 16.0. The maximum Gasteiger partial charge on any atom is 0.258 e. The third kappa shape index (κ3) is 3.29. The van der Waals surface area contributed by atoms with Gasteiger partial charge in [-0.15, -0.1) is 0 Å². The Morgan fingerprint density at radius 3 is 2.16 bits per heavy atom. The van der Waals surface area contributed by atoms with E-state index in [1.165, 1.54) is 6.20 Å². The van der Waals surface area contributed by atoms with E-state index in [-0.39, 0.29) is 0 Å². The highest BCUT2D eigenvalue weighted by Crippen LogP contribution is 2.31. The number of hydrogen-bond acceptors (Lipinski definition) is 5. The second-order valence-corrected chi connectivity index (χ2v) is 5.50. The molecule has 1 heterocycles. The fourth-order valence-electron chi connectivity index (χ4n) is 2.47. The van der Waals surface area contributed by atoms with Crippen LogP contribution in [0.4, 0.5) is 5.69 Å². The molecule has 0 aliphatic carbocycles. The molecule has 2 aromatic carbocycles. The molecule has 6 nitrogen and oxygen atoms in total. The van der Waals surface area contributed by atoms with Gasteiger partial charge < -0.3 is 21.3 Å². The van der Waals surface area contributed by atoms with Crippen molar-refractivity contribution in [2.75, 3.05) is 5.73 Å². The van der Waals surface area contributed by atoms with Gasteiger partial charge in [-0.25, -0.2) is 4.98 Å². The molecule has 25 heavy (non-hydrogen) atoms. The molecule has 3 aromatic rings. The number of carbonyl (C=O) groups is 1. The third-order valence-corrected chi connectivity index (χ3v) is 3.80. The Morgan fingerprint density at radius 2 is 1.60 bits per heavy atom. The van der Waals surface area contributed by atoms with Crippen molar-refractivity contribution in [3.63, 3.8) is 0 Å². The van der Waals surface area contributed by atoms with Crippen LogP contribution in [-0.4, -0.2) is 16.0 Å². The summed E-state index contributed by atoms with van der Waals surface area (Å²) in [5.74, 6) is 0.0312. The van der Waals surface area contributed by atoms with Crippen molar-refractivity contribution < 1.29 is 14.6 Å². The van der Waals surface area contributed by atoms with E-state index in [4.69, 9.17) is 16.2 Å². The number of primary amides is 1. The lowest BCUT2D eigenvalue weighted by molar-refractivity contribution is -0.133. The standard InChI is InChI=1S/C19H17N3O3/c20-15-8-11-17(22-12-15)25-16-9-6-14(7-10-16)19(24,18(21)23)13-4-2-1-3-5-13/h1-12,24H,20H2,(H2,21,23). The minimum Gasteiger partial charge on any atom is -0.439 e. The molecule has 126 valence electrons. The smallest absolute Gasteiger partial charge is 0.258 e. The van der Waals surface area contributed by atoms with E-state index in [0.29, 0.717) is 28.4 Å². The van der Waals surface area contributed by atoms with Gasteiger partial charge in [0.05, 0.1) is 11.9 Å². The highest BCUT2D eigenvalue weighted by Gasteiger charge is 2.38. The van der Waals surface area contributed by atoms with Crippen LogP contribution in [0.15, 0.2) is 72.9 Å². The van der Waals surface area contributed by atoms with Gasteiger partial charge in [0.1, 0.15) is 5.75 Å². The van der Waals surface area contributed by atoms with Crippen molar-refractivity contribution in [3.8, 4) is 11.6 Å². The summed E-state index contributed by atoms with van der Waals surface area (Å²) in [5, 5.41) is 10.9. The van der Waals surface area contributed by atoms with E-state index < -0.39 is 11.5 Å². The Morgan fingerprint density at radius 1 is 0.960 bits per heavy atom. The number of pyridine rings is 1. The van der Waals surface area contributed by atoms with Crippen LogP contribution >= 0.6 is 0 Å². The number of rotatable bonds is 5. The van der Waals surface area contributed by atoms with Crippen molar-refractivity contribution in [1.82, 2.24) is 4.98 Å². The van der Waals surface area contributed by atoms with Crippen LogP contribution in [0.5, 0.6) is 11.6 Å². The number of benzene rings is 2. The molecule has 5 N–H and O–H groups in total. The van der Waals surface area contributed by atoms with E-state index in [9.17, 15) is 9.90 Å². The number of amides is 1. The SMILES string of the molecule is NC(=O)C(O)(c1ccccc1)c1ccc(Oc2ccc(N)cn2)cc1. The Labute approximate surface area is 144 Å². The molecule has 0 spiro atoms. The van der Waals surface area contributed by atoms with Gasteiger partial charge in [0.25, 0.3) is 5.91 Å². The quantitative estimate of drug-likeness (QED) is 0.661. The zero-order valence-electron chi connectivity index (χ0n) is 13.3. The Bertz CT molecular complexity index is 865. The number of anilines is 1. The zero-order valence-corrected chi connectivity index (χ0v) is 13.3. The van der Waals surface area contributed by atoms with Gasteiger partial charge in [0.15, 0.2) is 5.60 Å². The number of aromatic nitrogens is 1. The van der Waals surface area contributed by atoms with E-state index in [1.54, 1.807) is 66.7 Å². The summed E-state index contributed by atoms with van der Waals surface area (Å²) in [6, 6.07) is 18.3. The molecular formula is C19H17N3O3. The van der Waals surface area contributed by atoms with Crippen LogP contribution in [0.2, 0.25) is 0 Å². The van der Waals surface area contributed by atoms with Crippen molar-refractivity contribution in [2.24, 2.45) is 5.73 Å². The predicted octanol–water partition coefficient (Wildman–Crippen LogP) is 2.18. The van der Waals surface area contributed by atoms with E-state index in [2.05, 4.69) is 4.98 Å². The number of nitrogen functional groups attached to an aromatic ring is 1. The van der Waals surface area contributed by atoms with Crippen molar-refractivity contribution in [2.45, 2.75) is 5.60 Å². The molecule has 1 amide bonds. The maximum atomic E-state index is 11.9. The number of aliphatic hydroxyl groups is 1. The lowest BCUT2D eigenvalue weighted by atomic mass is 9.86. The van der Waals surface area contributed by atoms with Crippen molar-refractivity contribution in [3.05, 3.63) is 84.1 Å². The monoisotopic (exact) mass is 335 g/mol. The van der Waals surface area contributed by atoms with Crippen LogP contribution in [0.1, 0.15) is 11.1 Å². The minimum absolute atomic E-state index is 0.351. The molecular weight excluding hydrogens is 318 g/mol. The molecule has 1 aromatic heterocycles. The summed E-state index contributed by atoms with van der Waals surface area (Å²) in [5.41, 5.74) is 10.4. The Balaban J connectivity index is 1.89. The molecule has 3 rings (SSSR count). The summed E-state index contributed by atoms with van der Waals surface area (Å²) >= 11 is 0. The normalized spacial score (nSPS) is 13.0. The van der Waals surface area contributed by atoms with Gasteiger partial charge in [-0.05, 0) is 29.3 Å². The van der Waals surface area contributed by atoms with Crippen LogP contribution in [0, 0.1) is 0 Å². The van der Waals surface area contributed by atoms with Crippen molar-refractivity contribution in [1.29, 1.82) is 0 Å². The highest BCUT2D eigenvalue weighted by molar-refractivity contribution is 5.88. The molecule has 0 aliphatic heterocycles. The first-order chi connectivity index (χ1) is 12.0. The average molecular weight is 335 g/mol. The van der Waals surface area contributed by atoms with Crippen LogP contribution in [-0.2, 0) is 10.4 Å². The summed E-state index contributed by atoms with van der Waals surface area (Å²) in [7, 11) is 0. The van der Waals surface area contributed by atoms with Gasteiger partial charge in [-0.3, -0.25) is 4.79 Å². The van der Waals surface area contributed by atoms with Crippen LogP contribution in [0.3, 0.4) is 0 Å². The molecule has 1 atom stereocenters. The second kappa shape index (κ2) is 6.62. The predicted molar refractivity (Wildman–Crippen MR) is 93.8 cm³/mol. The molecule has 0 saturated heterocycles. The van der Waals surface area contributed by atoms with E-state index in [0.717, 1.165) is 0 Å². The number of nitrogens with zero attached hydrogens (tertiary/aromatic N) is 1. The Kier molecular flexibility index (Phi) is 4.36. The van der Waals surface area contributed by atoms with Crippen LogP contribution in [0.25, 0.3) is 0 Å². The molecule has 0 aliphatic rings. The molecule has 0 saturated carbocycles. The minimum atomic E-state index is -1.92. The number of hydrogen-bond donors (Lipinski definition) is 3.